The third-order valence-corrected chi connectivity index (χ3v) is 4.80. The van der Waals surface area contributed by atoms with Crippen LogP contribution in [0.5, 0.6) is 0 Å². The van der Waals surface area contributed by atoms with Crippen molar-refractivity contribution >= 4 is 17.2 Å². The summed E-state index contributed by atoms with van der Waals surface area (Å²) in [4.78, 5) is 17.0. The molecule has 0 spiro atoms. The van der Waals surface area contributed by atoms with Crippen LogP contribution in [0.1, 0.15) is 34.2 Å². The summed E-state index contributed by atoms with van der Waals surface area (Å²) in [7, 11) is 1.92. The molecule has 2 aromatic heterocycles. The smallest absolute Gasteiger partial charge is 0.228 e. The highest BCUT2D eigenvalue weighted by Gasteiger charge is 2.30. The van der Waals surface area contributed by atoms with Crippen LogP contribution < -0.4 is 0 Å². The molecule has 20 heavy (non-hydrogen) atoms. The molecular formula is C15H19N3OS. The van der Waals surface area contributed by atoms with Gasteiger partial charge in [-0.15, -0.1) is 11.3 Å². The Bertz CT molecular complexity index is 616. The minimum absolute atomic E-state index is 0.206. The Morgan fingerprint density at radius 2 is 2.35 bits per heavy atom. The summed E-state index contributed by atoms with van der Waals surface area (Å²) in [6.07, 6.45) is 6.54. The molecule has 1 aliphatic heterocycles. The van der Waals surface area contributed by atoms with E-state index in [0.717, 1.165) is 29.8 Å². The lowest BCUT2D eigenvalue weighted by Crippen LogP contribution is -2.31. The van der Waals surface area contributed by atoms with Crippen molar-refractivity contribution in [2.45, 2.75) is 32.2 Å². The second-order valence-corrected chi connectivity index (χ2v) is 6.75. The highest BCUT2D eigenvalue weighted by molar-refractivity contribution is 7.12. The van der Waals surface area contributed by atoms with Crippen molar-refractivity contribution in [3.8, 4) is 0 Å². The molecule has 1 amide bonds. The monoisotopic (exact) mass is 289 g/mol. The third kappa shape index (κ3) is 2.63. The van der Waals surface area contributed by atoms with Gasteiger partial charge in [-0.25, -0.2) is 0 Å². The average Bonchev–Trinajstić information content (AvgIpc) is 3.09. The van der Waals surface area contributed by atoms with E-state index in [-0.39, 0.29) is 11.9 Å². The molecule has 1 unspecified atom stereocenters. The summed E-state index contributed by atoms with van der Waals surface area (Å²) < 4.78 is 1.80. The number of aromatic nitrogens is 2. The van der Waals surface area contributed by atoms with Gasteiger partial charge in [0, 0.05) is 35.1 Å². The molecule has 1 aliphatic rings. The van der Waals surface area contributed by atoms with Crippen molar-refractivity contribution in [2.75, 3.05) is 6.54 Å². The lowest BCUT2D eigenvalue weighted by Gasteiger charge is -2.23. The van der Waals surface area contributed by atoms with Gasteiger partial charge in [-0.3, -0.25) is 9.48 Å². The highest BCUT2D eigenvalue weighted by Crippen LogP contribution is 2.32. The summed E-state index contributed by atoms with van der Waals surface area (Å²) in [5.41, 5.74) is 1.15. The molecule has 1 atom stereocenters. The summed E-state index contributed by atoms with van der Waals surface area (Å²) in [5, 5.41) is 4.22. The fourth-order valence-electron chi connectivity index (χ4n) is 2.85. The van der Waals surface area contributed by atoms with Crippen LogP contribution in [0, 0.1) is 6.92 Å². The van der Waals surface area contributed by atoms with Crippen LogP contribution in [0.2, 0.25) is 0 Å². The first-order valence-electron chi connectivity index (χ1n) is 6.97. The molecule has 2 aromatic rings. The van der Waals surface area contributed by atoms with E-state index in [1.54, 1.807) is 16.0 Å². The van der Waals surface area contributed by atoms with Crippen molar-refractivity contribution in [3.63, 3.8) is 0 Å². The third-order valence-electron chi connectivity index (χ3n) is 3.80. The molecule has 3 heterocycles. The van der Waals surface area contributed by atoms with Gasteiger partial charge >= 0.3 is 0 Å². The first-order chi connectivity index (χ1) is 9.63. The minimum Gasteiger partial charge on any atom is -0.335 e. The van der Waals surface area contributed by atoms with Crippen LogP contribution in [-0.4, -0.2) is 27.1 Å². The molecule has 0 radical (unpaired) electrons. The van der Waals surface area contributed by atoms with Crippen LogP contribution in [0.25, 0.3) is 0 Å². The van der Waals surface area contributed by atoms with Crippen LogP contribution in [0.3, 0.4) is 0 Å². The predicted octanol–water partition coefficient (Wildman–Crippen LogP) is 2.70. The zero-order valence-corrected chi connectivity index (χ0v) is 12.7. The van der Waals surface area contributed by atoms with E-state index in [0.29, 0.717) is 6.42 Å². The van der Waals surface area contributed by atoms with E-state index in [9.17, 15) is 4.79 Å². The van der Waals surface area contributed by atoms with Gasteiger partial charge in [0.1, 0.15) is 0 Å². The number of hydrogen-bond donors (Lipinski definition) is 0. The van der Waals surface area contributed by atoms with Crippen LogP contribution in [0.4, 0.5) is 0 Å². The van der Waals surface area contributed by atoms with Crippen LogP contribution in [-0.2, 0) is 18.3 Å². The van der Waals surface area contributed by atoms with E-state index >= 15 is 0 Å². The molecule has 106 valence electrons. The van der Waals surface area contributed by atoms with Crippen LogP contribution in [0.15, 0.2) is 24.5 Å². The van der Waals surface area contributed by atoms with Gasteiger partial charge in [-0.1, -0.05) is 0 Å². The molecule has 0 saturated carbocycles. The second-order valence-electron chi connectivity index (χ2n) is 5.38. The molecule has 3 rings (SSSR count). The predicted molar refractivity (Wildman–Crippen MR) is 79.7 cm³/mol. The van der Waals surface area contributed by atoms with Crippen molar-refractivity contribution < 1.29 is 4.79 Å². The van der Waals surface area contributed by atoms with E-state index < -0.39 is 0 Å². The minimum atomic E-state index is 0.206. The van der Waals surface area contributed by atoms with Gasteiger partial charge in [0.05, 0.1) is 18.7 Å². The number of carbonyl (C=O) groups excluding carboxylic acids is 1. The van der Waals surface area contributed by atoms with E-state index in [2.05, 4.69) is 24.2 Å². The summed E-state index contributed by atoms with van der Waals surface area (Å²) in [6, 6.07) is 4.35. The van der Waals surface area contributed by atoms with Crippen molar-refractivity contribution in [3.05, 3.63) is 39.8 Å². The Labute approximate surface area is 123 Å². The second kappa shape index (κ2) is 5.40. The Morgan fingerprint density at radius 3 is 3.00 bits per heavy atom. The first-order valence-corrected chi connectivity index (χ1v) is 7.78. The number of thiophene rings is 1. The molecule has 5 heteroatoms. The van der Waals surface area contributed by atoms with Crippen molar-refractivity contribution in [2.24, 2.45) is 7.05 Å². The molecule has 0 aliphatic carbocycles. The lowest BCUT2D eigenvalue weighted by molar-refractivity contribution is -0.131. The van der Waals surface area contributed by atoms with E-state index in [4.69, 9.17) is 0 Å². The lowest BCUT2D eigenvalue weighted by atomic mass is 10.1. The maximum atomic E-state index is 12.5. The SMILES string of the molecule is Cc1ccc(CC(=O)N2CCCC2c2cnn(C)c2)s1. The van der Waals surface area contributed by atoms with Gasteiger partial charge in [-0.2, -0.15) is 5.10 Å². The average molecular weight is 289 g/mol. The number of amides is 1. The molecule has 0 aromatic carbocycles. The molecule has 1 fully saturated rings. The zero-order valence-electron chi connectivity index (χ0n) is 11.9. The quantitative estimate of drug-likeness (QED) is 0.871. The maximum Gasteiger partial charge on any atom is 0.228 e. The Balaban J connectivity index is 1.73. The Morgan fingerprint density at radius 1 is 1.50 bits per heavy atom. The van der Waals surface area contributed by atoms with Gasteiger partial charge in [0.15, 0.2) is 0 Å². The van der Waals surface area contributed by atoms with E-state index in [1.807, 2.05) is 24.3 Å². The number of likely N-dealkylation sites (tertiary alicyclic amines) is 1. The van der Waals surface area contributed by atoms with Crippen molar-refractivity contribution in [1.82, 2.24) is 14.7 Å². The molecule has 1 saturated heterocycles. The number of nitrogens with zero attached hydrogens (tertiary/aromatic N) is 3. The Hall–Kier alpha value is -1.62. The summed E-state index contributed by atoms with van der Waals surface area (Å²) >= 11 is 1.71. The zero-order chi connectivity index (χ0) is 14.1. The number of rotatable bonds is 3. The normalized spacial score (nSPS) is 18.7. The van der Waals surface area contributed by atoms with Gasteiger partial charge < -0.3 is 4.90 Å². The number of hydrogen-bond acceptors (Lipinski definition) is 3. The molecular weight excluding hydrogens is 270 g/mol. The molecule has 0 bridgehead atoms. The standard InChI is InChI=1S/C15H19N3OS/c1-11-5-6-13(20-11)8-15(19)18-7-3-4-14(18)12-9-16-17(2)10-12/h5-6,9-10,14H,3-4,7-8H2,1-2H3. The largest absolute Gasteiger partial charge is 0.335 e. The number of aryl methyl sites for hydroxylation is 2. The Kier molecular flexibility index (Phi) is 3.61. The maximum absolute atomic E-state index is 12.5. The molecule has 4 nitrogen and oxygen atoms in total. The van der Waals surface area contributed by atoms with Crippen molar-refractivity contribution in [1.29, 1.82) is 0 Å². The van der Waals surface area contributed by atoms with Crippen LogP contribution >= 0.6 is 11.3 Å². The topological polar surface area (TPSA) is 38.1 Å². The van der Waals surface area contributed by atoms with Gasteiger partial charge in [0.25, 0.3) is 0 Å². The number of carbonyl (C=O) groups is 1. The summed E-state index contributed by atoms with van der Waals surface area (Å²) in [5.74, 6) is 0.234. The van der Waals surface area contributed by atoms with Gasteiger partial charge in [0.2, 0.25) is 5.91 Å². The highest BCUT2D eigenvalue weighted by atomic mass is 32.1. The van der Waals surface area contributed by atoms with E-state index in [1.165, 1.54) is 4.88 Å². The fourth-order valence-corrected chi connectivity index (χ4v) is 3.74. The molecule has 0 N–H and O–H groups in total. The fraction of sp³-hybridized carbons (Fsp3) is 0.467. The summed E-state index contributed by atoms with van der Waals surface area (Å²) in [6.45, 7) is 2.94. The first kappa shape index (κ1) is 13.4. The van der Waals surface area contributed by atoms with Gasteiger partial charge in [-0.05, 0) is 31.9 Å².